The number of hydrogen-bond acceptors (Lipinski definition) is 3. The molecule has 0 aromatic heterocycles. The maximum atomic E-state index is 12.5. The van der Waals surface area contributed by atoms with E-state index in [2.05, 4.69) is 22.3 Å². The van der Waals surface area contributed by atoms with Crippen molar-refractivity contribution in [2.24, 2.45) is 0 Å². The van der Waals surface area contributed by atoms with Crippen LogP contribution in [0.3, 0.4) is 0 Å². The number of rotatable bonds is 4. The lowest BCUT2D eigenvalue weighted by Crippen LogP contribution is -2.50. The smallest absolute Gasteiger partial charge is 0.321 e. The van der Waals surface area contributed by atoms with Gasteiger partial charge in [0.1, 0.15) is 5.75 Å². The van der Waals surface area contributed by atoms with E-state index in [1.807, 2.05) is 43.0 Å². The van der Waals surface area contributed by atoms with E-state index in [-0.39, 0.29) is 6.03 Å². The van der Waals surface area contributed by atoms with Crippen molar-refractivity contribution in [2.75, 3.05) is 43.0 Å². The average molecular weight is 374 g/mol. The maximum Gasteiger partial charge on any atom is 0.321 e. The number of carbonyl (C=O) groups is 1. The van der Waals surface area contributed by atoms with E-state index < -0.39 is 0 Å². The highest BCUT2D eigenvalue weighted by Crippen LogP contribution is 2.23. The summed E-state index contributed by atoms with van der Waals surface area (Å²) < 4.78 is 5.48. The normalized spacial score (nSPS) is 14.3. The Hall–Kier alpha value is -2.40. The van der Waals surface area contributed by atoms with E-state index in [0.717, 1.165) is 35.8 Å². The van der Waals surface area contributed by atoms with Gasteiger partial charge in [0.05, 0.1) is 6.61 Å². The predicted octanol–water partition coefficient (Wildman–Crippen LogP) is 4.40. The maximum absolute atomic E-state index is 12.5. The van der Waals surface area contributed by atoms with Gasteiger partial charge in [0.2, 0.25) is 0 Å². The number of aryl methyl sites for hydroxylation is 1. The zero-order valence-electron chi connectivity index (χ0n) is 15.2. The van der Waals surface area contributed by atoms with Gasteiger partial charge in [-0.1, -0.05) is 17.7 Å². The average Bonchev–Trinajstić information content (AvgIpc) is 2.66. The standard InChI is InChI=1S/C20H24ClN3O2/c1-3-26-18-8-6-17(7-9-18)23-10-12-24(13-11-23)20(25)22-19-14-16(21)5-4-15(19)2/h4-9,14H,3,10-13H2,1-2H3,(H,22,25). The van der Waals surface area contributed by atoms with Crippen LogP contribution < -0.4 is 15.0 Å². The Balaban J connectivity index is 1.56. The molecule has 2 amide bonds. The Labute approximate surface area is 159 Å². The summed E-state index contributed by atoms with van der Waals surface area (Å²) in [4.78, 5) is 16.6. The fourth-order valence-corrected chi connectivity index (χ4v) is 3.18. The largest absolute Gasteiger partial charge is 0.494 e. The van der Waals surface area contributed by atoms with Gasteiger partial charge in [-0.15, -0.1) is 0 Å². The molecule has 5 nitrogen and oxygen atoms in total. The molecule has 138 valence electrons. The molecule has 26 heavy (non-hydrogen) atoms. The quantitative estimate of drug-likeness (QED) is 0.863. The number of hydrogen-bond donors (Lipinski definition) is 1. The summed E-state index contributed by atoms with van der Waals surface area (Å²) in [6.07, 6.45) is 0. The number of carbonyl (C=O) groups excluding carboxylic acids is 1. The van der Waals surface area contributed by atoms with Gasteiger partial charge in [-0.05, 0) is 55.8 Å². The van der Waals surface area contributed by atoms with Crippen molar-refractivity contribution in [2.45, 2.75) is 13.8 Å². The molecule has 1 fully saturated rings. The number of nitrogens with one attached hydrogen (secondary N) is 1. The lowest BCUT2D eigenvalue weighted by molar-refractivity contribution is 0.208. The van der Waals surface area contributed by atoms with E-state index in [9.17, 15) is 4.79 Å². The van der Waals surface area contributed by atoms with Gasteiger partial charge in [0.15, 0.2) is 0 Å². The summed E-state index contributed by atoms with van der Waals surface area (Å²) in [5.74, 6) is 0.881. The minimum atomic E-state index is -0.0817. The van der Waals surface area contributed by atoms with Crippen molar-refractivity contribution in [1.29, 1.82) is 0 Å². The third-order valence-corrected chi connectivity index (χ3v) is 4.76. The van der Waals surface area contributed by atoms with E-state index in [0.29, 0.717) is 24.7 Å². The molecule has 0 spiro atoms. The van der Waals surface area contributed by atoms with Crippen molar-refractivity contribution in [3.05, 3.63) is 53.1 Å². The van der Waals surface area contributed by atoms with E-state index >= 15 is 0 Å². The van der Waals surface area contributed by atoms with Crippen LogP contribution in [-0.4, -0.2) is 43.7 Å². The number of ether oxygens (including phenoxy) is 1. The van der Waals surface area contributed by atoms with Crippen LogP contribution in [0, 0.1) is 6.92 Å². The molecule has 0 radical (unpaired) electrons. The van der Waals surface area contributed by atoms with Crippen LogP contribution in [0.15, 0.2) is 42.5 Å². The Bertz CT molecular complexity index is 756. The van der Waals surface area contributed by atoms with E-state index in [1.54, 1.807) is 6.07 Å². The first-order chi connectivity index (χ1) is 12.6. The number of amides is 2. The van der Waals surface area contributed by atoms with Crippen LogP contribution in [0.4, 0.5) is 16.2 Å². The second-order valence-electron chi connectivity index (χ2n) is 6.29. The van der Waals surface area contributed by atoms with Crippen LogP contribution in [0.5, 0.6) is 5.75 Å². The van der Waals surface area contributed by atoms with Gasteiger partial charge >= 0.3 is 6.03 Å². The van der Waals surface area contributed by atoms with Gasteiger partial charge in [0.25, 0.3) is 0 Å². The van der Waals surface area contributed by atoms with Gasteiger partial charge in [-0.25, -0.2) is 4.79 Å². The SMILES string of the molecule is CCOc1ccc(N2CCN(C(=O)Nc3cc(Cl)ccc3C)CC2)cc1. The molecule has 1 aliphatic heterocycles. The van der Waals surface area contributed by atoms with Crippen LogP contribution in [0.2, 0.25) is 5.02 Å². The third kappa shape index (κ3) is 4.41. The highest BCUT2D eigenvalue weighted by Gasteiger charge is 2.21. The molecule has 0 atom stereocenters. The molecule has 0 aliphatic carbocycles. The Morgan fingerprint density at radius 1 is 1.12 bits per heavy atom. The molecular weight excluding hydrogens is 350 g/mol. The number of nitrogens with zero attached hydrogens (tertiary/aromatic N) is 2. The number of halogens is 1. The fourth-order valence-electron chi connectivity index (χ4n) is 3.01. The van der Waals surface area contributed by atoms with Crippen molar-refractivity contribution in [1.82, 2.24) is 4.90 Å². The van der Waals surface area contributed by atoms with Gasteiger partial charge in [-0.2, -0.15) is 0 Å². The van der Waals surface area contributed by atoms with Crippen molar-refractivity contribution in [3.8, 4) is 5.75 Å². The fraction of sp³-hybridized carbons (Fsp3) is 0.350. The zero-order chi connectivity index (χ0) is 18.5. The summed E-state index contributed by atoms with van der Waals surface area (Å²) in [7, 11) is 0. The molecule has 0 unspecified atom stereocenters. The molecule has 1 saturated heterocycles. The van der Waals surface area contributed by atoms with Crippen LogP contribution in [-0.2, 0) is 0 Å². The molecule has 3 rings (SSSR count). The summed E-state index contributed by atoms with van der Waals surface area (Å²) in [6, 6.07) is 13.5. The second-order valence-corrected chi connectivity index (χ2v) is 6.73. The molecule has 6 heteroatoms. The topological polar surface area (TPSA) is 44.8 Å². The van der Waals surface area contributed by atoms with E-state index in [1.165, 1.54) is 0 Å². The molecule has 1 heterocycles. The molecule has 1 aliphatic rings. The first kappa shape index (κ1) is 18.4. The van der Waals surface area contributed by atoms with Crippen molar-refractivity contribution in [3.63, 3.8) is 0 Å². The lowest BCUT2D eigenvalue weighted by atomic mass is 10.2. The Kier molecular flexibility index (Phi) is 5.89. The molecule has 0 bridgehead atoms. The molecule has 0 saturated carbocycles. The van der Waals surface area contributed by atoms with Gasteiger partial charge in [0, 0.05) is 42.6 Å². The van der Waals surface area contributed by atoms with Crippen LogP contribution >= 0.6 is 11.6 Å². The lowest BCUT2D eigenvalue weighted by Gasteiger charge is -2.36. The monoisotopic (exact) mass is 373 g/mol. The third-order valence-electron chi connectivity index (χ3n) is 4.52. The van der Waals surface area contributed by atoms with Gasteiger partial charge in [-0.3, -0.25) is 0 Å². The molecule has 2 aromatic rings. The van der Waals surface area contributed by atoms with Gasteiger partial charge < -0.3 is 19.9 Å². The highest BCUT2D eigenvalue weighted by atomic mass is 35.5. The number of urea groups is 1. The summed E-state index contributed by atoms with van der Waals surface area (Å²) >= 11 is 6.02. The molecular formula is C20H24ClN3O2. The summed E-state index contributed by atoms with van der Waals surface area (Å²) in [5.41, 5.74) is 2.91. The number of benzene rings is 2. The molecule has 1 N–H and O–H groups in total. The second kappa shape index (κ2) is 8.32. The highest BCUT2D eigenvalue weighted by molar-refractivity contribution is 6.31. The summed E-state index contributed by atoms with van der Waals surface area (Å²) in [5, 5.41) is 3.58. The van der Waals surface area contributed by atoms with E-state index in [4.69, 9.17) is 16.3 Å². The predicted molar refractivity (Wildman–Crippen MR) is 107 cm³/mol. The molecule has 2 aromatic carbocycles. The van der Waals surface area contributed by atoms with Crippen molar-refractivity contribution < 1.29 is 9.53 Å². The number of anilines is 2. The minimum absolute atomic E-state index is 0.0817. The van der Waals surface area contributed by atoms with Crippen molar-refractivity contribution >= 4 is 29.0 Å². The minimum Gasteiger partial charge on any atom is -0.494 e. The first-order valence-corrected chi connectivity index (χ1v) is 9.24. The van der Waals surface area contributed by atoms with Crippen LogP contribution in [0.25, 0.3) is 0 Å². The Morgan fingerprint density at radius 2 is 1.81 bits per heavy atom. The zero-order valence-corrected chi connectivity index (χ0v) is 15.9. The summed E-state index contributed by atoms with van der Waals surface area (Å²) in [6.45, 7) is 7.56. The Morgan fingerprint density at radius 3 is 2.46 bits per heavy atom. The van der Waals surface area contributed by atoms with Crippen LogP contribution in [0.1, 0.15) is 12.5 Å². The first-order valence-electron chi connectivity index (χ1n) is 8.86. The number of piperazine rings is 1.